The van der Waals surface area contributed by atoms with Crippen molar-refractivity contribution in [2.45, 2.75) is 44.4 Å². The molecule has 1 atom stereocenters. The molecule has 0 bridgehead atoms. The Hall–Kier alpha value is -1.20. The van der Waals surface area contributed by atoms with Gasteiger partial charge in [0.2, 0.25) is 5.91 Å². The molecule has 0 saturated carbocycles. The summed E-state index contributed by atoms with van der Waals surface area (Å²) in [6, 6.07) is 8.06. The molecule has 1 amide bonds. The van der Waals surface area contributed by atoms with Gasteiger partial charge in [-0.2, -0.15) is 11.8 Å². The molecule has 1 unspecified atom stereocenters. The lowest BCUT2D eigenvalue weighted by atomic mass is 9.77. The van der Waals surface area contributed by atoms with E-state index < -0.39 is 0 Å². The zero-order valence-electron chi connectivity index (χ0n) is 16.4. The van der Waals surface area contributed by atoms with Crippen LogP contribution >= 0.6 is 11.8 Å². The molecule has 1 aromatic carbocycles. The number of carbonyl (C=O) groups excluding carboxylic acids is 1. The highest BCUT2D eigenvalue weighted by atomic mass is 32.2. The van der Waals surface area contributed by atoms with Gasteiger partial charge >= 0.3 is 0 Å². The summed E-state index contributed by atoms with van der Waals surface area (Å²) in [5, 5.41) is 0.734. The van der Waals surface area contributed by atoms with E-state index in [-0.39, 0.29) is 5.41 Å². The zero-order valence-corrected chi connectivity index (χ0v) is 17.2. The first-order chi connectivity index (χ1) is 12.5. The third-order valence-electron chi connectivity index (χ3n) is 6.08. The predicted molar refractivity (Wildman–Crippen MR) is 109 cm³/mol. The number of hydrogen-bond donors (Lipinski definition) is 0. The number of hydrogen-bond acceptors (Lipinski definition) is 4. The Labute approximate surface area is 162 Å². The molecule has 0 aromatic heterocycles. The molecule has 4 nitrogen and oxygen atoms in total. The maximum absolute atomic E-state index is 12.6. The highest BCUT2D eigenvalue weighted by Gasteiger charge is 2.44. The second-order valence-electron chi connectivity index (χ2n) is 7.95. The van der Waals surface area contributed by atoms with Crippen LogP contribution in [0.5, 0.6) is 5.75 Å². The maximum atomic E-state index is 12.6. The van der Waals surface area contributed by atoms with Crippen LogP contribution in [0.4, 0.5) is 0 Å². The minimum absolute atomic E-state index is 0.206. The average Bonchev–Trinajstić information content (AvgIpc) is 2.96. The number of rotatable bonds is 7. The van der Waals surface area contributed by atoms with Gasteiger partial charge in [0.15, 0.2) is 0 Å². The fraction of sp³-hybridized carbons (Fsp3) is 0.667. The normalized spacial score (nSPS) is 21.3. The average molecular weight is 377 g/mol. The van der Waals surface area contributed by atoms with E-state index in [1.807, 2.05) is 30.0 Å². The number of thioether (sulfide) groups is 1. The Kier molecular flexibility index (Phi) is 6.51. The molecule has 0 radical (unpaired) electrons. The van der Waals surface area contributed by atoms with Crippen molar-refractivity contribution in [2.24, 2.45) is 5.41 Å². The van der Waals surface area contributed by atoms with Crippen molar-refractivity contribution in [3.05, 3.63) is 29.8 Å². The van der Waals surface area contributed by atoms with Gasteiger partial charge in [0, 0.05) is 24.8 Å². The summed E-state index contributed by atoms with van der Waals surface area (Å²) < 4.78 is 5.31. The molecule has 1 aromatic rings. The molecule has 3 rings (SSSR count). The number of likely N-dealkylation sites (tertiary alicyclic amines) is 2. The zero-order chi connectivity index (χ0) is 18.6. The van der Waals surface area contributed by atoms with E-state index in [1.54, 1.807) is 7.11 Å². The lowest BCUT2D eigenvalue weighted by molar-refractivity contribution is -0.128. The topological polar surface area (TPSA) is 32.8 Å². The molecule has 0 aliphatic carbocycles. The fourth-order valence-corrected chi connectivity index (χ4v) is 4.53. The third kappa shape index (κ3) is 4.74. The lowest BCUT2D eigenvalue weighted by Gasteiger charge is -2.39. The summed E-state index contributed by atoms with van der Waals surface area (Å²) in [6.07, 6.45) is 6.49. The molecule has 2 aliphatic rings. The minimum atomic E-state index is 0.206. The van der Waals surface area contributed by atoms with Gasteiger partial charge in [-0.25, -0.2) is 0 Å². The van der Waals surface area contributed by atoms with Gasteiger partial charge in [-0.3, -0.25) is 4.79 Å². The number of benzene rings is 1. The second kappa shape index (κ2) is 8.66. The van der Waals surface area contributed by atoms with Crippen molar-refractivity contribution in [2.75, 3.05) is 39.5 Å². The maximum Gasteiger partial charge on any atom is 0.223 e. The molecule has 2 fully saturated rings. The summed E-state index contributed by atoms with van der Waals surface area (Å²) in [7, 11) is 1.68. The van der Waals surface area contributed by atoms with E-state index in [9.17, 15) is 4.79 Å². The van der Waals surface area contributed by atoms with Crippen molar-refractivity contribution < 1.29 is 9.53 Å². The summed E-state index contributed by atoms with van der Waals surface area (Å²) in [6.45, 7) is 7.40. The van der Waals surface area contributed by atoms with Gasteiger partial charge in [-0.15, -0.1) is 0 Å². The first kappa shape index (κ1) is 19.6. The molecule has 2 aliphatic heterocycles. The van der Waals surface area contributed by atoms with Gasteiger partial charge in [0.1, 0.15) is 5.75 Å². The van der Waals surface area contributed by atoms with Crippen molar-refractivity contribution in [3.8, 4) is 5.75 Å². The Bertz CT molecular complexity index is 614. The number of amides is 1. The van der Waals surface area contributed by atoms with Crippen molar-refractivity contribution in [1.82, 2.24) is 9.80 Å². The smallest absolute Gasteiger partial charge is 0.223 e. The van der Waals surface area contributed by atoms with Crippen LogP contribution < -0.4 is 4.74 Å². The predicted octanol–water partition coefficient (Wildman–Crippen LogP) is 3.65. The van der Waals surface area contributed by atoms with Crippen molar-refractivity contribution >= 4 is 17.7 Å². The van der Waals surface area contributed by atoms with Crippen molar-refractivity contribution in [3.63, 3.8) is 0 Å². The van der Waals surface area contributed by atoms with Gasteiger partial charge in [-0.1, -0.05) is 19.1 Å². The molecule has 1 spiro atoms. The van der Waals surface area contributed by atoms with Gasteiger partial charge in [0.05, 0.1) is 7.11 Å². The first-order valence-corrected chi connectivity index (χ1v) is 11.0. The third-order valence-corrected chi connectivity index (χ3v) is 7.12. The second-order valence-corrected chi connectivity index (χ2v) is 9.23. The first-order valence-electron chi connectivity index (χ1n) is 9.69. The van der Waals surface area contributed by atoms with E-state index in [1.165, 1.54) is 13.0 Å². The summed E-state index contributed by atoms with van der Waals surface area (Å²) in [5.74, 6) is 1.17. The summed E-state index contributed by atoms with van der Waals surface area (Å²) >= 11 is 1.95. The van der Waals surface area contributed by atoms with Crippen molar-refractivity contribution in [1.29, 1.82) is 0 Å². The molecule has 2 heterocycles. The number of methoxy groups -OCH3 is 1. The molecule has 2 saturated heterocycles. The van der Waals surface area contributed by atoms with E-state index in [0.717, 1.165) is 55.5 Å². The largest absolute Gasteiger partial charge is 0.497 e. The van der Waals surface area contributed by atoms with E-state index in [2.05, 4.69) is 29.0 Å². The highest BCUT2D eigenvalue weighted by molar-refractivity contribution is 7.99. The summed E-state index contributed by atoms with van der Waals surface area (Å²) in [4.78, 5) is 17.3. The summed E-state index contributed by atoms with van der Waals surface area (Å²) in [5.41, 5.74) is 1.36. The Balaban J connectivity index is 1.53. The molecule has 5 heteroatoms. The standard InChI is InChI=1S/C21H32N2O2S/c1-17(26-3)7-10-22-11-8-21(9-12-22)14-20(24)23(16-21)15-18-5-4-6-19(13-18)25-2/h4-6,13,17H,7-12,14-16H2,1-3H3. The number of carbonyl (C=O) groups is 1. The number of piperidine rings is 1. The van der Waals surface area contributed by atoms with Crippen LogP contribution in [0.2, 0.25) is 0 Å². The van der Waals surface area contributed by atoms with Crippen LogP contribution in [0.1, 0.15) is 38.2 Å². The van der Waals surface area contributed by atoms with Crippen LogP contribution in [-0.4, -0.2) is 60.5 Å². The monoisotopic (exact) mass is 376 g/mol. The quantitative estimate of drug-likeness (QED) is 0.727. The highest BCUT2D eigenvalue weighted by Crippen LogP contribution is 2.41. The SMILES string of the molecule is COc1cccc(CN2CC3(CCN(CCC(C)SC)CC3)CC2=O)c1. The molecule has 144 valence electrons. The minimum Gasteiger partial charge on any atom is -0.497 e. The lowest BCUT2D eigenvalue weighted by Crippen LogP contribution is -2.42. The van der Waals surface area contributed by atoms with Crippen LogP contribution in [-0.2, 0) is 11.3 Å². The van der Waals surface area contributed by atoms with Gasteiger partial charge in [-0.05, 0) is 68.3 Å². The van der Waals surface area contributed by atoms with Crippen LogP contribution in [0.15, 0.2) is 24.3 Å². The number of ether oxygens (including phenoxy) is 1. The Morgan fingerprint density at radius 3 is 2.77 bits per heavy atom. The molecule has 26 heavy (non-hydrogen) atoms. The van der Waals surface area contributed by atoms with Gasteiger partial charge < -0.3 is 14.5 Å². The molecular formula is C21H32N2O2S. The molecular weight excluding hydrogens is 344 g/mol. The van der Waals surface area contributed by atoms with Crippen LogP contribution in [0, 0.1) is 5.41 Å². The number of nitrogens with zero attached hydrogens (tertiary/aromatic N) is 2. The van der Waals surface area contributed by atoms with Gasteiger partial charge in [0.25, 0.3) is 0 Å². The molecule has 0 N–H and O–H groups in total. The van der Waals surface area contributed by atoms with E-state index in [4.69, 9.17) is 4.74 Å². The van der Waals surface area contributed by atoms with E-state index >= 15 is 0 Å². The van der Waals surface area contributed by atoms with Crippen LogP contribution in [0.25, 0.3) is 0 Å². The fourth-order valence-electron chi connectivity index (χ4n) is 4.18. The van der Waals surface area contributed by atoms with E-state index in [0.29, 0.717) is 12.5 Å². The van der Waals surface area contributed by atoms with Crippen LogP contribution in [0.3, 0.4) is 0 Å². The Morgan fingerprint density at radius 2 is 2.08 bits per heavy atom. The Morgan fingerprint density at radius 1 is 1.31 bits per heavy atom.